The number of esters is 1. The Bertz CT molecular complexity index is 1790. The third-order valence-electron chi connectivity index (χ3n) is 7.19. The van der Waals surface area contributed by atoms with Gasteiger partial charge in [-0.25, -0.2) is 28.9 Å². The molecule has 23 nitrogen and oxygen atoms in total. The highest BCUT2D eigenvalue weighted by atomic mass is 31.2. The van der Waals surface area contributed by atoms with Gasteiger partial charge in [0, 0.05) is 12.6 Å². The van der Waals surface area contributed by atoms with Gasteiger partial charge in [0.1, 0.15) is 48.2 Å². The summed E-state index contributed by atoms with van der Waals surface area (Å²) < 4.78 is 58.1. The zero-order chi connectivity index (χ0) is 35.0. The number of carbonyl (C=O) groups excluding carboxylic acids is 1. The number of phosphoric acid groups is 2. The second-order valence-electron chi connectivity index (χ2n) is 10.6. The minimum atomic E-state index is -5.26. The van der Waals surface area contributed by atoms with Crippen molar-refractivity contribution in [1.82, 2.24) is 29.1 Å². The van der Waals surface area contributed by atoms with Gasteiger partial charge in [0.25, 0.3) is 0 Å². The molecule has 9 atom stereocenters. The van der Waals surface area contributed by atoms with Crippen LogP contribution in [0.2, 0.25) is 0 Å². The first-order valence-electron chi connectivity index (χ1n) is 14.1. The van der Waals surface area contributed by atoms with E-state index in [0.717, 1.165) is 17.1 Å². The number of aromatic nitrogens is 6. The smallest absolute Gasteiger partial charge is 0.457 e. The molecule has 2 saturated heterocycles. The van der Waals surface area contributed by atoms with E-state index in [-0.39, 0.29) is 29.2 Å². The number of rotatable bonds is 13. The molecule has 264 valence electrons. The molecule has 0 aromatic carbocycles. The molecule has 3 aromatic heterocycles. The number of carbonyl (C=O) groups is 1. The van der Waals surface area contributed by atoms with Gasteiger partial charge in [-0.2, -0.15) is 4.98 Å². The van der Waals surface area contributed by atoms with E-state index in [9.17, 15) is 33.8 Å². The number of nitrogens with zero attached hydrogens (tertiary/aromatic N) is 6. The van der Waals surface area contributed by atoms with Crippen molar-refractivity contribution in [1.29, 1.82) is 0 Å². The van der Waals surface area contributed by atoms with Gasteiger partial charge < -0.3 is 50.6 Å². The minimum absolute atomic E-state index is 0.0216. The predicted molar refractivity (Wildman–Crippen MR) is 156 cm³/mol. The number of fused-ring (bicyclic) bond motifs is 1. The van der Waals surface area contributed by atoms with Crippen LogP contribution in [-0.4, -0.2) is 110 Å². The van der Waals surface area contributed by atoms with Crippen LogP contribution in [0.1, 0.15) is 32.2 Å². The van der Waals surface area contributed by atoms with E-state index in [1.54, 1.807) is 6.92 Å². The molecule has 0 bridgehead atoms. The largest absolute Gasteiger partial charge is 0.472 e. The minimum Gasteiger partial charge on any atom is -0.457 e. The Morgan fingerprint density at radius 1 is 0.979 bits per heavy atom. The first-order valence-corrected chi connectivity index (χ1v) is 17.1. The van der Waals surface area contributed by atoms with E-state index in [0.29, 0.717) is 6.42 Å². The maximum absolute atomic E-state index is 13.2. The SMILES string of the molecule is CCCC(=O)O[C@H]1[C@@H](O)[C@H](n2cnc3c(N)ncnc32)O[C@H]1COP(=O)(O)O[C@H]1[C@@H](O)[C@H](n2ccc(N)nc2=O)O[C@@H]1COP(=O)(O)O. The number of phosphoric ester groups is 2. The topological polar surface area (TPSA) is 338 Å². The highest BCUT2D eigenvalue weighted by Crippen LogP contribution is 2.50. The van der Waals surface area contributed by atoms with E-state index >= 15 is 0 Å². The predicted octanol–water partition coefficient (Wildman–Crippen LogP) is -1.91. The Kier molecular flexibility index (Phi) is 10.6. The van der Waals surface area contributed by atoms with Crippen LogP contribution in [0.4, 0.5) is 11.6 Å². The van der Waals surface area contributed by atoms with Gasteiger partial charge in [0.15, 0.2) is 30.0 Å². The second-order valence-corrected chi connectivity index (χ2v) is 13.2. The fraction of sp³-hybridized carbons (Fsp3) is 0.565. The van der Waals surface area contributed by atoms with Crippen LogP contribution in [0.25, 0.3) is 11.2 Å². The molecule has 3 aromatic rings. The highest BCUT2D eigenvalue weighted by Gasteiger charge is 2.52. The summed E-state index contributed by atoms with van der Waals surface area (Å²) in [6.45, 7) is -0.0910. The van der Waals surface area contributed by atoms with Crippen molar-refractivity contribution in [3.8, 4) is 0 Å². The van der Waals surface area contributed by atoms with Gasteiger partial charge >= 0.3 is 27.3 Å². The van der Waals surface area contributed by atoms with Gasteiger partial charge in [-0.05, 0) is 12.5 Å². The van der Waals surface area contributed by atoms with Crippen LogP contribution in [0, 0.1) is 0 Å². The summed E-state index contributed by atoms with van der Waals surface area (Å²) in [5, 5.41) is 22.1. The Labute approximate surface area is 269 Å². The lowest BCUT2D eigenvalue weighted by molar-refractivity contribution is -0.156. The van der Waals surface area contributed by atoms with E-state index in [1.807, 2.05) is 0 Å². The monoisotopic (exact) mass is 722 g/mol. The number of hydrogen-bond acceptors (Lipinski definition) is 18. The van der Waals surface area contributed by atoms with E-state index in [2.05, 4.69) is 24.5 Å². The molecule has 0 amide bonds. The first kappa shape index (κ1) is 35.9. The normalized spacial score (nSPS) is 28.9. The zero-order valence-corrected chi connectivity index (χ0v) is 26.6. The summed E-state index contributed by atoms with van der Waals surface area (Å²) in [6.07, 6.45) is -8.92. The quantitative estimate of drug-likeness (QED) is 0.0747. The van der Waals surface area contributed by atoms with Crippen molar-refractivity contribution < 1.29 is 66.6 Å². The number of aliphatic hydroxyl groups is 2. The van der Waals surface area contributed by atoms with Crippen molar-refractivity contribution in [2.24, 2.45) is 0 Å². The molecule has 9 N–H and O–H groups in total. The lowest BCUT2D eigenvalue weighted by Gasteiger charge is -2.25. The third-order valence-corrected chi connectivity index (χ3v) is 8.66. The summed E-state index contributed by atoms with van der Waals surface area (Å²) in [7, 11) is -10.4. The lowest BCUT2D eigenvalue weighted by Crippen LogP contribution is -2.39. The number of nitrogens with two attached hydrogens (primary N) is 2. The number of hydrogen-bond donors (Lipinski definition) is 7. The van der Waals surface area contributed by atoms with Gasteiger partial charge in [0.05, 0.1) is 19.5 Å². The van der Waals surface area contributed by atoms with Gasteiger partial charge in [-0.1, -0.05) is 6.92 Å². The Hall–Kier alpha value is -3.44. The van der Waals surface area contributed by atoms with Crippen molar-refractivity contribution >= 4 is 44.4 Å². The standard InChI is InChI=1S/C23H32N8O15P2/c1-2-3-13(32)45-17-10(43-22(15(17)33)31-9-28-14-19(25)26-8-27-20(14)31)7-42-48(39,40)46-18-11(6-41-47(36,37)38)44-21(16(18)34)30-5-4-12(24)29-23(30)35/h4-5,8-11,15-18,21-22,33-34H,2-3,6-7H2,1H3,(H,39,40)(H2,24,29,35)(H2,25,26,27)(H2,36,37,38)/t10-,11+,15+,16+,17+,18+,21+,22+/m0/s1. The molecule has 0 saturated carbocycles. The number of anilines is 2. The van der Waals surface area contributed by atoms with Crippen molar-refractivity contribution in [3.63, 3.8) is 0 Å². The summed E-state index contributed by atoms with van der Waals surface area (Å²) >= 11 is 0. The Morgan fingerprint density at radius 2 is 1.62 bits per heavy atom. The molecular formula is C23H32N8O15P2. The van der Waals surface area contributed by atoms with E-state index in [1.165, 1.54) is 17.0 Å². The molecule has 2 aliphatic rings. The molecule has 0 aliphatic carbocycles. The third kappa shape index (κ3) is 7.88. The second kappa shape index (κ2) is 14.2. The Morgan fingerprint density at radius 3 is 2.29 bits per heavy atom. The molecular weight excluding hydrogens is 690 g/mol. The average molecular weight is 722 g/mol. The molecule has 2 fully saturated rings. The number of nitrogen functional groups attached to an aromatic ring is 2. The van der Waals surface area contributed by atoms with Gasteiger partial charge in [-0.15, -0.1) is 0 Å². The molecule has 0 spiro atoms. The van der Waals surface area contributed by atoms with Crippen LogP contribution in [-0.2, 0) is 41.7 Å². The van der Waals surface area contributed by atoms with Crippen LogP contribution in [0.15, 0.2) is 29.7 Å². The number of aliphatic hydroxyl groups excluding tert-OH is 2. The molecule has 5 rings (SSSR count). The van der Waals surface area contributed by atoms with Crippen molar-refractivity contribution in [2.75, 3.05) is 24.7 Å². The van der Waals surface area contributed by atoms with Gasteiger partial charge in [0.2, 0.25) is 0 Å². The Balaban J connectivity index is 1.35. The number of imidazole rings is 1. The fourth-order valence-corrected chi connectivity index (χ4v) is 6.36. The number of ether oxygens (including phenoxy) is 3. The zero-order valence-electron chi connectivity index (χ0n) is 24.8. The summed E-state index contributed by atoms with van der Waals surface area (Å²) in [5.41, 5.74) is 10.7. The fourth-order valence-electron chi connectivity index (χ4n) is 5.06. The van der Waals surface area contributed by atoms with E-state index < -0.39 is 89.6 Å². The highest BCUT2D eigenvalue weighted by molar-refractivity contribution is 7.47. The van der Waals surface area contributed by atoms with Crippen LogP contribution >= 0.6 is 15.6 Å². The summed E-state index contributed by atoms with van der Waals surface area (Å²) in [5.74, 6) is -0.832. The first-order chi connectivity index (χ1) is 22.6. The summed E-state index contributed by atoms with van der Waals surface area (Å²) in [4.78, 5) is 69.3. The maximum Gasteiger partial charge on any atom is 0.472 e. The van der Waals surface area contributed by atoms with E-state index in [4.69, 9.17) is 44.5 Å². The van der Waals surface area contributed by atoms with Crippen molar-refractivity contribution in [3.05, 3.63) is 35.4 Å². The lowest BCUT2D eigenvalue weighted by atomic mass is 10.1. The molecule has 48 heavy (non-hydrogen) atoms. The molecule has 25 heteroatoms. The molecule has 1 unspecified atom stereocenters. The van der Waals surface area contributed by atoms with Gasteiger partial charge in [-0.3, -0.25) is 27.5 Å². The van der Waals surface area contributed by atoms with Crippen LogP contribution in [0.5, 0.6) is 0 Å². The molecule has 2 aliphatic heterocycles. The molecule has 5 heterocycles. The molecule has 0 radical (unpaired) electrons. The van der Waals surface area contributed by atoms with Crippen LogP contribution < -0.4 is 17.2 Å². The average Bonchev–Trinajstić information content (AvgIpc) is 3.65. The van der Waals surface area contributed by atoms with Crippen molar-refractivity contribution in [2.45, 2.75) is 68.8 Å². The summed E-state index contributed by atoms with van der Waals surface area (Å²) in [6, 6.07) is 1.19. The van der Waals surface area contributed by atoms with Crippen LogP contribution in [0.3, 0.4) is 0 Å². The maximum atomic E-state index is 13.2.